The van der Waals surface area contributed by atoms with Crippen molar-refractivity contribution in [3.63, 3.8) is 0 Å². The Bertz CT molecular complexity index is 862. The molecule has 0 fully saturated rings. The molecule has 3 rings (SSSR count). The normalized spacial score (nSPS) is 15.9. The first-order valence-electron chi connectivity index (χ1n) is 9.09. The third-order valence-electron chi connectivity index (χ3n) is 4.90. The zero-order chi connectivity index (χ0) is 19.6. The molecule has 2 amide bonds. The van der Waals surface area contributed by atoms with E-state index in [2.05, 4.69) is 5.32 Å². The molecule has 1 aliphatic rings. The Labute approximate surface area is 161 Å². The molecule has 1 unspecified atom stereocenters. The van der Waals surface area contributed by atoms with Crippen LogP contribution in [-0.2, 0) is 17.6 Å². The molecule has 0 saturated heterocycles. The fraction of sp³-hybridized carbons (Fsp3) is 0.400. The molecule has 1 aliphatic carbocycles. The third-order valence-corrected chi connectivity index (χ3v) is 6.13. The molecule has 1 aromatic heterocycles. The molecule has 144 valence electrons. The van der Waals surface area contributed by atoms with Crippen LogP contribution in [0.1, 0.15) is 40.4 Å². The number of carbonyl (C=O) groups excluding carboxylic acids is 2. The number of nitrogens with one attached hydrogen (secondary N) is 1. The molecule has 0 bridgehead atoms. The second-order valence-corrected chi connectivity index (χ2v) is 7.73. The summed E-state index contributed by atoms with van der Waals surface area (Å²) in [5, 5.41) is 2.49. The van der Waals surface area contributed by atoms with Crippen LogP contribution < -0.4 is 5.32 Å². The minimum atomic E-state index is -0.663. The van der Waals surface area contributed by atoms with E-state index in [1.54, 1.807) is 4.90 Å². The van der Waals surface area contributed by atoms with Gasteiger partial charge in [-0.2, -0.15) is 0 Å². The summed E-state index contributed by atoms with van der Waals surface area (Å²) in [7, 11) is 0. The number of rotatable bonds is 5. The number of hydrogen-bond acceptors (Lipinski definition) is 3. The number of carbonyl (C=O) groups is 2. The summed E-state index contributed by atoms with van der Waals surface area (Å²) in [5.41, 5.74) is 0.857. The summed E-state index contributed by atoms with van der Waals surface area (Å²) in [5.74, 6) is -1.90. The number of benzene rings is 1. The maximum atomic E-state index is 13.7. The molecule has 27 heavy (non-hydrogen) atoms. The van der Waals surface area contributed by atoms with E-state index in [1.807, 2.05) is 19.9 Å². The molecule has 0 spiro atoms. The van der Waals surface area contributed by atoms with Crippen molar-refractivity contribution in [2.75, 3.05) is 18.4 Å². The van der Waals surface area contributed by atoms with Gasteiger partial charge in [0.2, 0.25) is 5.91 Å². The summed E-state index contributed by atoms with van der Waals surface area (Å²) in [6.07, 6.45) is 1.82. The van der Waals surface area contributed by atoms with E-state index in [0.717, 1.165) is 28.6 Å². The standard InChI is InChI=1S/C20H22F2N2O2S/c1-3-24(4-2)20(26)18-10-13-9-12(5-8-17(13)27-18)19(25)23-16-11-14(21)6-7-15(16)22/h6-7,10-12H,3-5,8-9H2,1-2H3,(H,23,25). The van der Waals surface area contributed by atoms with Gasteiger partial charge in [-0.25, -0.2) is 8.78 Å². The van der Waals surface area contributed by atoms with Crippen molar-refractivity contribution in [2.24, 2.45) is 5.92 Å². The quantitative estimate of drug-likeness (QED) is 0.827. The molecule has 7 heteroatoms. The SMILES string of the molecule is CCN(CC)C(=O)c1cc2c(s1)CCC(C(=O)Nc1cc(F)ccc1F)C2. The van der Waals surface area contributed by atoms with Gasteiger partial charge in [0.1, 0.15) is 11.6 Å². The molecule has 0 saturated carbocycles. The van der Waals surface area contributed by atoms with Crippen molar-refractivity contribution in [2.45, 2.75) is 33.1 Å². The van der Waals surface area contributed by atoms with Gasteiger partial charge in [-0.3, -0.25) is 9.59 Å². The van der Waals surface area contributed by atoms with Gasteiger partial charge in [-0.05, 0) is 56.9 Å². The smallest absolute Gasteiger partial charge is 0.263 e. The van der Waals surface area contributed by atoms with E-state index in [0.29, 0.717) is 37.2 Å². The number of nitrogens with zero attached hydrogens (tertiary/aromatic N) is 1. The monoisotopic (exact) mass is 392 g/mol. The van der Waals surface area contributed by atoms with Crippen LogP contribution in [0.4, 0.5) is 14.5 Å². The van der Waals surface area contributed by atoms with Crippen LogP contribution in [-0.4, -0.2) is 29.8 Å². The number of hydrogen-bond donors (Lipinski definition) is 1. The lowest BCUT2D eigenvalue weighted by molar-refractivity contribution is -0.120. The highest BCUT2D eigenvalue weighted by Gasteiger charge is 2.28. The molecule has 1 heterocycles. The number of aryl methyl sites for hydroxylation is 1. The lowest BCUT2D eigenvalue weighted by atomic mass is 9.87. The summed E-state index contributed by atoms with van der Waals surface area (Å²) >= 11 is 1.49. The zero-order valence-corrected chi connectivity index (χ0v) is 16.2. The van der Waals surface area contributed by atoms with Crippen LogP contribution >= 0.6 is 11.3 Å². The molecule has 4 nitrogen and oxygen atoms in total. The van der Waals surface area contributed by atoms with Crippen LogP contribution in [0.2, 0.25) is 0 Å². The predicted octanol–water partition coefficient (Wildman–Crippen LogP) is 4.25. The molecule has 2 aromatic rings. The van der Waals surface area contributed by atoms with Crippen LogP contribution in [0.25, 0.3) is 0 Å². The molecule has 1 atom stereocenters. The molecule has 0 aliphatic heterocycles. The zero-order valence-electron chi connectivity index (χ0n) is 15.4. The average Bonchev–Trinajstić information content (AvgIpc) is 3.08. The van der Waals surface area contributed by atoms with E-state index >= 15 is 0 Å². The first-order chi connectivity index (χ1) is 12.9. The predicted molar refractivity (Wildman–Crippen MR) is 102 cm³/mol. The summed E-state index contributed by atoms with van der Waals surface area (Å²) in [6.45, 7) is 5.20. The van der Waals surface area contributed by atoms with Gasteiger partial charge in [0.15, 0.2) is 0 Å². The van der Waals surface area contributed by atoms with Crippen LogP contribution in [0.15, 0.2) is 24.3 Å². The van der Waals surface area contributed by atoms with Gasteiger partial charge < -0.3 is 10.2 Å². The van der Waals surface area contributed by atoms with Gasteiger partial charge in [0, 0.05) is 30.0 Å². The number of fused-ring (bicyclic) bond motifs is 1. The van der Waals surface area contributed by atoms with E-state index in [4.69, 9.17) is 0 Å². The van der Waals surface area contributed by atoms with Crippen molar-refractivity contribution in [3.8, 4) is 0 Å². The Balaban J connectivity index is 1.71. The first-order valence-corrected chi connectivity index (χ1v) is 9.91. The van der Waals surface area contributed by atoms with Gasteiger partial charge in [-0.15, -0.1) is 11.3 Å². The number of halogens is 2. The van der Waals surface area contributed by atoms with Gasteiger partial charge >= 0.3 is 0 Å². The molecule has 1 N–H and O–H groups in total. The van der Waals surface area contributed by atoms with Gasteiger partial charge in [-0.1, -0.05) is 0 Å². The van der Waals surface area contributed by atoms with Gasteiger partial charge in [0.25, 0.3) is 5.91 Å². The van der Waals surface area contributed by atoms with Crippen molar-refractivity contribution in [1.29, 1.82) is 0 Å². The Hall–Kier alpha value is -2.28. The largest absolute Gasteiger partial charge is 0.339 e. The lowest BCUT2D eigenvalue weighted by Crippen LogP contribution is -2.29. The highest BCUT2D eigenvalue weighted by Crippen LogP contribution is 2.33. The number of anilines is 1. The van der Waals surface area contributed by atoms with Crippen LogP contribution in [0.3, 0.4) is 0 Å². The van der Waals surface area contributed by atoms with Crippen molar-refractivity contribution < 1.29 is 18.4 Å². The molecule has 1 aromatic carbocycles. The lowest BCUT2D eigenvalue weighted by Gasteiger charge is -2.21. The molecular weight excluding hydrogens is 370 g/mol. The van der Waals surface area contributed by atoms with Crippen LogP contribution in [0.5, 0.6) is 0 Å². The number of amides is 2. The fourth-order valence-electron chi connectivity index (χ4n) is 3.35. The summed E-state index contributed by atoms with van der Waals surface area (Å²) in [6, 6.07) is 4.86. The van der Waals surface area contributed by atoms with Crippen molar-refractivity contribution >= 4 is 28.8 Å². The van der Waals surface area contributed by atoms with Crippen molar-refractivity contribution in [3.05, 3.63) is 51.2 Å². The minimum absolute atomic E-state index is 0.0160. The average molecular weight is 392 g/mol. The fourth-order valence-corrected chi connectivity index (χ4v) is 4.52. The van der Waals surface area contributed by atoms with E-state index in [1.165, 1.54) is 11.3 Å². The minimum Gasteiger partial charge on any atom is -0.339 e. The highest BCUT2D eigenvalue weighted by atomic mass is 32.1. The third kappa shape index (κ3) is 4.18. The number of thiophene rings is 1. The topological polar surface area (TPSA) is 49.4 Å². The summed E-state index contributed by atoms with van der Waals surface area (Å²) in [4.78, 5) is 28.6. The maximum absolute atomic E-state index is 13.7. The second-order valence-electron chi connectivity index (χ2n) is 6.59. The summed E-state index contributed by atoms with van der Waals surface area (Å²) < 4.78 is 27.0. The Morgan fingerprint density at radius 3 is 2.67 bits per heavy atom. The Kier molecular flexibility index (Phi) is 5.89. The van der Waals surface area contributed by atoms with Gasteiger partial charge in [0.05, 0.1) is 10.6 Å². The second kappa shape index (κ2) is 8.17. The Morgan fingerprint density at radius 2 is 1.96 bits per heavy atom. The highest BCUT2D eigenvalue weighted by molar-refractivity contribution is 7.14. The van der Waals surface area contributed by atoms with E-state index < -0.39 is 11.6 Å². The first kappa shape index (κ1) is 19.5. The Morgan fingerprint density at radius 1 is 1.22 bits per heavy atom. The van der Waals surface area contributed by atoms with E-state index in [9.17, 15) is 18.4 Å². The maximum Gasteiger partial charge on any atom is 0.263 e. The van der Waals surface area contributed by atoms with Crippen LogP contribution in [0, 0.1) is 17.6 Å². The molecule has 0 radical (unpaired) electrons. The molecular formula is C20H22F2N2O2S. The van der Waals surface area contributed by atoms with Crippen molar-refractivity contribution in [1.82, 2.24) is 4.90 Å². The van der Waals surface area contributed by atoms with E-state index in [-0.39, 0.29) is 23.4 Å².